The third-order valence-electron chi connectivity index (χ3n) is 3.54. The lowest BCUT2D eigenvalue weighted by atomic mass is 10.00. The van der Waals surface area contributed by atoms with Crippen LogP contribution in [0.4, 0.5) is 4.79 Å². The summed E-state index contributed by atoms with van der Waals surface area (Å²) < 4.78 is 5.01. The number of hydrogen-bond donors (Lipinski definition) is 2. The fourth-order valence-corrected chi connectivity index (χ4v) is 2.23. The number of nitrogens with zero attached hydrogens (tertiary/aromatic N) is 1. The van der Waals surface area contributed by atoms with E-state index in [0.717, 1.165) is 12.8 Å². The van der Waals surface area contributed by atoms with Crippen LogP contribution in [0.25, 0.3) is 0 Å². The third kappa shape index (κ3) is 2.93. The van der Waals surface area contributed by atoms with Gasteiger partial charge in [0.05, 0.1) is 12.6 Å². The maximum Gasteiger partial charge on any atom is 0.329 e. The number of carbonyl (C=O) groups is 2. The molecule has 18 heavy (non-hydrogen) atoms. The first-order valence-corrected chi connectivity index (χ1v) is 6.26. The number of aliphatic carboxylic acids is 1. The summed E-state index contributed by atoms with van der Waals surface area (Å²) >= 11 is 0. The van der Waals surface area contributed by atoms with Crippen LogP contribution in [0.5, 0.6) is 0 Å². The number of carbonyl (C=O) groups excluding carboxylic acids is 1. The second-order valence-electron chi connectivity index (χ2n) is 4.84. The first-order chi connectivity index (χ1) is 8.45. The highest BCUT2D eigenvalue weighted by atomic mass is 16.5. The minimum absolute atomic E-state index is 0.0823. The highest BCUT2D eigenvalue weighted by Crippen LogP contribution is 2.29. The average molecular weight is 258 g/mol. The van der Waals surface area contributed by atoms with Crippen molar-refractivity contribution >= 4 is 12.0 Å². The fourth-order valence-electron chi connectivity index (χ4n) is 2.23. The zero-order valence-corrected chi connectivity index (χ0v) is 11.2. The first kappa shape index (κ1) is 14.8. The van der Waals surface area contributed by atoms with Crippen molar-refractivity contribution in [2.75, 3.05) is 20.3 Å². The summed E-state index contributed by atoms with van der Waals surface area (Å²) in [4.78, 5) is 24.8. The Morgan fingerprint density at radius 2 is 2.22 bits per heavy atom. The molecule has 1 rings (SSSR count). The molecule has 1 saturated heterocycles. The number of hydrogen-bond acceptors (Lipinski definition) is 3. The van der Waals surface area contributed by atoms with Crippen LogP contribution in [0.1, 0.15) is 33.1 Å². The van der Waals surface area contributed by atoms with Crippen molar-refractivity contribution in [2.45, 2.75) is 44.7 Å². The van der Waals surface area contributed by atoms with E-state index in [0.29, 0.717) is 19.6 Å². The summed E-state index contributed by atoms with van der Waals surface area (Å²) in [6.45, 7) is 4.46. The quantitative estimate of drug-likeness (QED) is 0.773. The van der Waals surface area contributed by atoms with E-state index in [4.69, 9.17) is 4.74 Å². The van der Waals surface area contributed by atoms with E-state index in [1.807, 2.05) is 6.92 Å². The summed E-state index contributed by atoms with van der Waals surface area (Å²) in [5.74, 6) is -0.949. The van der Waals surface area contributed by atoms with Gasteiger partial charge in [-0.15, -0.1) is 0 Å². The summed E-state index contributed by atoms with van der Waals surface area (Å²) in [7, 11) is 1.58. The zero-order valence-electron chi connectivity index (χ0n) is 11.2. The van der Waals surface area contributed by atoms with E-state index in [2.05, 4.69) is 5.32 Å². The lowest BCUT2D eigenvalue weighted by Gasteiger charge is -2.32. The van der Waals surface area contributed by atoms with E-state index in [1.165, 1.54) is 4.90 Å². The Hall–Kier alpha value is -1.30. The molecule has 104 valence electrons. The summed E-state index contributed by atoms with van der Waals surface area (Å²) in [5.41, 5.74) is -1.09. The molecule has 6 nitrogen and oxygen atoms in total. The Kier molecular flexibility index (Phi) is 4.95. The standard InChI is InChI=1S/C12H22N2O4/c1-4-9(8-18-3)13-11(17)14-7-5-6-12(14,2)10(15)16/h9H,4-8H2,1-3H3,(H,13,17)(H,15,16). The predicted octanol–water partition coefficient (Wildman–Crippen LogP) is 1.06. The number of ether oxygens (including phenoxy) is 1. The number of carboxylic acids is 1. The largest absolute Gasteiger partial charge is 0.480 e. The Morgan fingerprint density at radius 3 is 2.72 bits per heavy atom. The van der Waals surface area contributed by atoms with Crippen LogP contribution in [0.3, 0.4) is 0 Å². The molecule has 2 N–H and O–H groups in total. The van der Waals surface area contributed by atoms with Crippen LogP contribution >= 0.6 is 0 Å². The minimum atomic E-state index is -1.09. The second-order valence-corrected chi connectivity index (χ2v) is 4.84. The Balaban J connectivity index is 2.68. The predicted molar refractivity (Wildman–Crippen MR) is 66.5 cm³/mol. The molecule has 6 heteroatoms. The molecular formula is C12H22N2O4. The highest BCUT2D eigenvalue weighted by Gasteiger charge is 2.46. The molecule has 1 aliphatic heterocycles. The minimum Gasteiger partial charge on any atom is -0.480 e. The molecule has 0 saturated carbocycles. The maximum atomic E-state index is 12.1. The van der Waals surface area contributed by atoms with Gasteiger partial charge in [-0.2, -0.15) is 0 Å². The second kappa shape index (κ2) is 6.04. The van der Waals surface area contributed by atoms with Gasteiger partial charge in [-0.3, -0.25) is 0 Å². The monoisotopic (exact) mass is 258 g/mol. The number of urea groups is 1. The number of carboxylic acid groups (broad SMARTS) is 1. The lowest BCUT2D eigenvalue weighted by Crippen LogP contribution is -2.56. The highest BCUT2D eigenvalue weighted by molar-refractivity contribution is 5.86. The molecule has 1 heterocycles. The van der Waals surface area contributed by atoms with Crippen molar-refractivity contribution in [2.24, 2.45) is 0 Å². The van der Waals surface area contributed by atoms with E-state index >= 15 is 0 Å². The summed E-state index contributed by atoms with van der Waals surface area (Å²) in [6.07, 6.45) is 1.96. The smallest absolute Gasteiger partial charge is 0.329 e. The van der Waals surface area contributed by atoms with Crippen molar-refractivity contribution in [3.05, 3.63) is 0 Å². The molecule has 0 aromatic heterocycles. The molecule has 2 unspecified atom stereocenters. The van der Waals surface area contributed by atoms with Crippen molar-refractivity contribution in [3.63, 3.8) is 0 Å². The van der Waals surface area contributed by atoms with Crippen LogP contribution in [-0.2, 0) is 9.53 Å². The van der Waals surface area contributed by atoms with Gasteiger partial charge in [0.15, 0.2) is 0 Å². The van der Waals surface area contributed by atoms with Crippen LogP contribution < -0.4 is 5.32 Å². The van der Waals surface area contributed by atoms with E-state index in [9.17, 15) is 14.7 Å². The SMILES string of the molecule is CCC(COC)NC(=O)N1CCCC1(C)C(=O)O. The fraction of sp³-hybridized carbons (Fsp3) is 0.833. The zero-order chi connectivity index (χ0) is 13.8. The maximum absolute atomic E-state index is 12.1. The number of rotatable bonds is 5. The number of methoxy groups -OCH3 is 1. The Morgan fingerprint density at radius 1 is 1.56 bits per heavy atom. The molecule has 0 aromatic rings. The van der Waals surface area contributed by atoms with Gasteiger partial charge in [0.1, 0.15) is 5.54 Å². The van der Waals surface area contributed by atoms with E-state index < -0.39 is 11.5 Å². The molecule has 2 amide bonds. The lowest BCUT2D eigenvalue weighted by molar-refractivity contribution is -0.147. The molecule has 2 atom stereocenters. The van der Waals surface area contributed by atoms with Gasteiger partial charge in [-0.25, -0.2) is 9.59 Å². The van der Waals surface area contributed by atoms with Crippen LogP contribution in [0, 0.1) is 0 Å². The summed E-state index contributed by atoms with van der Waals surface area (Å²) in [6, 6.07) is -0.401. The van der Waals surface area contributed by atoms with Gasteiger partial charge in [0.25, 0.3) is 0 Å². The molecule has 1 fully saturated rings. The molecule has 0 spiro atoms. The topological polar surface area (TPSA) is 78.9 Å². The molecule has 0 bridgehead atoms. The average Bonchev–Trinajstić information content (AvgIpc) is 2.72. The Bertz CT molecular complexity index is 321. The number of nitrogens with one attached hydrogen (secondary N) is 1. The van der Waals surface area contributed by atoms with Crippen LogP contribution in [0.2, 0.25) is 0 Å². The first-order valence-electron chi connectivity index (χ1n) is 6.26. The van der Waals surface area contributed by atoms with Gasteiger partial charge in [-0.05, 0) is 26.2 Å². The van der Waals surface area contributed by atoms with Crippen molar-refractivity contribution in [3.8, 4) is 0 Å². The van der Waals surface area contributed by atoms with Gasteiger partial charge in [0.2, 0.25) is 0 Å². The van der Waals surface area contributed by atoms with Crippen LogP contribution in [-0.4, -0.2) is 53.8 Å². The Labute approximate surface area is 107 Å². The van der Waals surface area contributed by atoms with Gasteiger partial charge in [-0.1, -0.05) is 6.92 Å². The van der Waals surface area contributed by atoms with Crippen molar-refractivity contribution in [1.29, 1.82) is 0 Å². The number of likely N-dealkylation sites (tertiary alicyclic amines) is 1. The third-order valence-corrected chi connectivity index (χ3v) is 3.54. The van der Waals surface area contributed by atoms with E-state index in [1.54, 1.807) is 14.0 Å². The summed E-state index contributed by atoms with van der Waals surface area (Å²) in [5, 5.41) is 12.1. The molecule has 0 aromatic carbocycles. The number of amides is 2. The molecule has 0 aliphatic carbocycles. The molecule has 0 radical (unpaired) electrons. The van der Waals surface area contributed by atoms with Gasteiger partial charge in [0, 0.05) is 13.7 Å². The van der Waals surface area contributed by atoms with Crippen molar-refractivity contribution < 1.29 is 19.4 Å². The van der Waals surface area contributed by atoms with Gasteiger partial charge < -0.3 is 20.1 Å². The van der Waals surface area contributed by atoms with E-state index in [-0.39, 0.29) is 12.1 Å². The molecule has 1 aliphatic rings. The normalized spacial score (nSPS) is 24.9. The van der Waals surface area contributed by atoms with Gasteiger partial charge >= 0.3 is 12.0 Å². The van der Waals surface area contributed by atoms with Crippen molar-refractivity contribution in [1.82, 2.24) is 10.2 Å². The molecular weight excluding hydrogens is 236 g/mol. The van der Waals surface area contributed by atoms with Crippen LogP contribution in [0.15, 0.2) is 0 Å².